The van der Waals surface area contributed by atoms with Crippen molar-refractivity contribution in [3.8, 4) is 0 Å². The van der Waals surface area contributed by atoms with Gasteiger partial charge in [-0.1, -0.05) is 38.6 Å². The molecule has 5 heteroatoms. The maximum atomic E-state index is 5.62. The Kier molecular flexibility index (Phi) is 4.19. The fraction of sp³-hybridized carbons (Fsp3) is 0.800. The van der Waals surface area contributed by atoms with E-state index < -0.39 is 0 Å². The summed E-state index contributed by atoms with van der Waals surface area (Å²) in [5.41, 5.74) is 4.03. The van der Waals surface area contributed by atoms with Gasteiger partial charge < -0.3 is 0 Å². The first-order valence-corrected chi connectivity index (χ1v) is 6.05. The second-order valence-electron chi connectivity index (χ2n) is 4.80. The monoisotopic (exact) mass is 228 g/mol. The molecule has 86 valence electrons. The summed E-state index contributed by atoms with van der Waals surface area (Å²) < 4.78 is 4.02. The van der Waals surface area contributed by atoms with Crippen molar-refractivity contribution in [2.24, 2.45) is 11.3 Å². The molecule has 0 aliphatic rings. The number of aryl methyl sites for hydroxylation is 1. The maximum Gasteiger partial charge on any atom is 0.0804 e. The van der Waals surface area contributed by atoms with Gasteiger partial charge >= 0.3 is 0 Å². The quantitative estimate of drug-likeness (QED) is 0.611. The molecule has 0 aliphatic heterocycles. The lowest BCUT2D eigenvalue weighted by Crippen LogP contribution is -2.36. The molecule has 0 fully saturated rings. The highest BCUT2D eigenvalue weighted by molar-refractivity contribution is 7.05. The van der Waals surface area contributed by atoms with Gasteiger partial charge in [-0.25, -0.2) is 0 Å². The van der Waals surface area contributed by atoms with E-state index in [9.17, 15) is 0 Å². The Morgan fingerprint density at radius 3 is 2.60 bits per heavy atom. The SMILES string of the molecule is CCCc1nnsc1C(NN)C(C)(C)C. The van der Waals surface area contributed by atoms with Gasteiger partial charge in [0.1, 0.15) is 0 Å². The topological polar surface area (TPSA) is 63.8 Å². The molecule has 15 heavy (non-hydrogen) atoms. The molecule has 1 aromatic heterocycles. The molecule has 0 saturated carbocycles. The lowest BCUT2D eigenvalue weighted by Gasteiger charge is -2.29. The fourth-order valence-electron chi connectivity index (χ4n) is 1.56. The van der Waals surface area contributed by atoms with Gasteiger partial charge in [-0.15, -0.1) is 5.10 Å². The predicted molar refractivity (Wildman–Crippen MR) is 63.4 cm³/mol. The maximum absolute atomic E-state index is 5.62. The Bertz CT molecular complexity index is 303. The third kappa shape index (κ3) is 2.96. The predicted octanol–water partition coefficient (Wildman–Crippen LogP) is 2.04. The average Bonchev–Trinajstić information content (AvgIpc) is 2.53. The van der Waals surface area contributed by atoms with E-state index in [2.05, 4.69) is 42.7 Å². The van der Waals surface area contributed by atoms with Gasteiger partial charge in [-0.3, -0.25) is 11.3 Å². The van der Waals surface area contributed by atoms with E-state index in [1.54, 1.807) is 0 Å². The molecule has 4 nitrogen and oxygen atoms in total. The first-order chi connectivity index (χ1) is 7.00. The van der Waals surface area contributed by atoms with E-state index in [4.69, 9.17) is 5.84 Å². The van der Waals surface area contributed by atoms with Crippen LogP contribution in [0.3, 0.4) is 0 Å². The van der Waals surface area contributed by atoms with E-state index in [1.807, 2.05) is 0 Å². The number of nitrogens with zero attached hydrogens (tertiary/aromatic N) is 2. The number of nitrogens with one attached hydrogen (secondary N) is 1. The van der Waals surface area contributed by atoms with Crippen molar-refractivity contribution in [2.45, 2.75) is 46.6 Å². The molecule has 0 saturated heterocycles. The molecule has 0 bridgehead atoms. The summed E-state index contributed by atoms with van der Waals surface area (Å²) in [6.07, 6.45) is 2.06. The van der Waals surface area contributed by atoms with Gasteiger partial charge in [0.15, 0.2) is 0 Å². The van der Waals surface area contributed by atoms with Crippen LogP contribution in [0, 0.1) is 5.41 Å². The summed E-state index contributed by atoms with van der Waals surface area (Å²) >= 11 is 1.45. The minimum atomic E-state index is 0.0749. The molecule has 0 spiro atoms. The van der Waals surface area contributed by atoms with Crippen LogP contribution in [-0.4, -0.2) is 9.59 Å². The van der Waals surface area contributed by atoms with Crippen molar-refractivity contribution in [1.29, 1.82) is 0 Å². The highest BCUT2D eigenvalue weighted by Crippen LogP contribution is 2.35. The third-order valence-electron chi connectivity index (χ3n) is 2.37. The van der Waals surface area contributed by atoms with E-state index in [-0.39, 0.29) is 11.5 Å². The molecule has 0 amide bonds. The average molecular weight is 228 g/mol. The lowest BCUT2D eigenvalue weighted by atomic mass is 9.85. The van der Waals surface area contributed by atoms with Crippen molar-refractivity contribution in [3.05, 3.63) is 10.6 Å². The smallest absolute Gasteiger partial charge is 0.0804 e. The summed E-state index contributed by atoms with van der Waals surface area (Å²) in [4.78, 5) is 1.17. The molecule has 0 radical (unpaired) electrons. The summed E-state index contributed by atoms with van der Waals surface area (Å²) in [5, 5.41) is 4.16. The van der Waals surface area contributed by atoms with Crippen molar-refractivity contribution in [2.75, 3.05) is 0 Å². The van der Waals surface area contributed by atoms with Crippen LogP contribution in [0.4, 0.5) is 0 Å². The minimum Gasteiger partial charge on any atom is -0.271 e. The summed E-state index contributed by atoms with van der Waals surface area (Å²) in [6.45, 7) is 8.62. The zero-order chi connectivity index (χ0) is 11.5. The molecule has 1 unspecified atom stereocenters. The number of hydrogen-bond acceptors (Lipinski definition) is 5. The van der Waals surface area contributed by atoms with Gasteiger partial charge in [-0.2, -0.15) is 0 Å². The number of nitrogens with two attached hydrogens (primary N) is 1. The molecule has 1 rings (SSSR count). The summed E-state index contributed by atoms with van der Waals surface area (Å²) in [6, 6.07) is 0.124. The van der Waals surface area contributed by atoms with Crippen molar-refractivity contribution >= 4 is 11.5 Å². The highest BCUT2D eigenvalue weighted by Gasteiger charge is 2.29. The molecule has 1 aromatic rings. The van der Waals surface area contributed by atoms with Crippen molar-refractivity contribution in [1.82, 2.24) is 15.0 Å². The Morgan fingerprint density at radius 1 is 1.47 bits per heavy atom. The van der Waals surface area contributed by atoms with Gasteiger partial charge in [0.05, 0.1) is 16.6 Å². The van der Waals surface area contributed by atoms with Crippen molar-refractivity contribution in [3.63, 3.8) is 0 Å². The molecule has 1 atom stereocenters. The van der Waals surface area contributed by atoms with Crippen LogP contribution in [-0.2, 0) is 6.42 Å². The van der Waals surface area contributed by atoms with Gasteiger partial charge in [-0.05, 0) is 23.4 Å². The Balaban J connectivity index is 2.96. The zero-order valence-corrected chi connectivity index (χ0v) is 10.7. The number of aromatic nitrogens is 2. The molecule has 0 aromatic carbocycles. The first kappa shape index (κ1) is 12.5. The van der Waals surface area contributed by atoms with Crippen molar-refractivity contribution < 1.29 is 0 Å². The van der Waals surface area contributed by atoms with Crippen LogP contribution in [0.5, 0.6) is 0 Å². The number of hydrogen-bond donors (Lipinski definition) is 2. The molecule has 1 heterocycles. The standard InChI is InChI=1S/C10H20N4S/c1-5-6-7-8(15-14-13-7)9(12-11)10(2,3)4/h9,12H,5-6,11H2,1-4H3. The van der Waals surface area contributed by atoms with Gasteiger partial charge in [0, 0.05) is 0 Å². The van der Waals surface area contributed by atoms with E-state index >= 15 is 0 Å². The second-order valence-corrected chi connectivity index (χ2v) is 5.59. The molecule has 3 N–H and O–H groups in total. The van der Waals surface area contributed by atoms with Crippen LogP contribution < -0.4 is 11.3 Å². The van der Waals surface area contributed by atoms with Crippen LogP contribution in [0.2, 0.25) is 0 Å². The van der Waals surface area contributed by atoms with Crippen LogP contribution >= 0.6 is 11.5 Å². The zero-order valence-electron chi connectivity index (χ0n) is 9.87. The van der Waals surface area contributed by atoms with E-state index in [0.717, 1.165) is 18.5 Å². The number of hydrazine groups is 1. The highest BCUT2D eigenvalue weighted by atomic mass is 32.1. The van der Waals surface area contributed by atoms with Gasteiger partial charge in [0.2, 0.25) is 0 Å². The Labute approximate surface area is 95.4 Å². The summed E-state index contributed by atoms with van der Waals surface area (Å²) in [7, 11) is 0. The summed E-state index contributed by atoms with van der Waals surface area (Å²) in [5.74, 6) is 5.62. The van der Waals surface area contributed by atoms with Crippen LogP contribution in [0.25, 0.3) is 0 Å². The molecular weight excluding hydrogens is 208 g/mol. The third-order valence-corrected chi connectivity index (χ3v) is 3.20. The molecular formula is C10H20N4S. The second kappa shape index (κ2) is 5.01. The lowest BCUT2D eigenvalue weighted by molar-refractivity contribution is 0.278. The first-order valence-electron chi connectivity index (χ1n) is 5.28. The fourth-order valence-corrected chi connectivity index (χ4v) is 2.57. The minimum absolute atomic E-state index is 0.0749. The van der Waals surface area contributed by atoms with Crippen LogP contribution in [0.1, 0.15) is 50.7 Å². The Morgan fingerprint density at radius 2 is 2.13 bits per heavy atom. The number of rotatable bonds is 4. The molecule has 0 aliphatic carbocycles. The van der Waals surface area contributed by atoms with E-state index in [0.29, 0.717) is 0 Å². The van der Waals surface area contributed by atoms with Crippen LogP contribution in [0.15, 0.2) is 0 Å². The van der Waals surface area contributed by atoms with Gasteiger partial charge in [0.25, 0.3) is 0 Å². The Hall–Kier alpha value is -0.520. The largest absolute Gasteiger partial charge is 0.271 e. The van der Waals surface area contributed by atoms with E-state index in [1.165, 1.54) is 16.4 Å². The normalized spacial score (nSPS) is 14.2.